The summed E-state index contributed by atoms with van der Waals surface area (Å²) in [6.45, 7) is 0.277. The number of halogens is 1. The monoisotopic (exact) mass is 414 g/mol. The lowest BCUT2D eigenvalue weighted by atomic mass is 10.0. The molecule has 0 saturated heterocycles. The maximum absolute atomic E-state index is 11.6. The van der Waals surface area contributed by atoms with E-state index in [1.165, 1.54) is 12.1 Å². The maximum Gasteiger partial charge on any atom is 0.284 e. The van der Waals surface area contributed by atoms with Crippen LogP contribution >= 0.6 is 17.0 Å². The molecule has 1 atom stereocenters. The van der Waals surface area contributed by atoms with E-state index in [-0.39, 0.29) is 29.2 Å². The number of nitro groups is 1. The molecule has 6 nitrogen and oxygen atoms in total. The minimum Gasteiger partial charge on any atom is -0.346 e. The van der Waals surface area contributed by atoms with E-state index in [0.29, 0.717) is 5.56 Å². The minimum atomic E-state index is -1.41. The van der Waals surface area contributed by atoms with Crippen molar-refractivity contribution in [3.05, 3.63) is 94.7 Å². The number of fused-ring (bicyclic) bond motifs is 1. The molecule has 132 valence electrons. The van der Waals surface area contributed by atoms with Crippen LogP contribution in [0.4, 0.5) is 17.2 Å². The Bertz CT molecular complexity index is 952. The van der Waals surface area contributed by atoms with Crippen molar-refractivity contribution in [3.63, 3.8) is 0 Å². The van der Waals surface area contributed by atoms with Gasteiger partial charge in [-0.15, -0.1) is 17.0 Å². The molecule has 7 heteroatoms. The predicted octanol–water partition coefficient (Wildman–Crippen LogP) is 3.46. The molecule has 0 saturated carbocycles. The third kappa shape index (κ3) is 2.85. The van der Waals surface area contributed by atoms with Gasteiger partial charge in [0.05, 0.1) is 11.1 Å². The Morgan fingerprint density at radius 2 is 1.77 bits per heavy atom. The molecule has 0 spiro atoms. The number of para-hydroxylation sites is 1. The van der Waals surface area contributed by atoms with Crippen molar-refractivity contribution >= 4 is 34.2 Å². The first kappa shape index (κ1) is 18.0. The zero-order valence-corrected chi connectivity index (χ0v) is 15.4. The Balaban J connectivity index is 0.00000196. The summed E-state index contributed by atoms with van der Waals surface area (Å²) in [5.74, 6) is 0.822. The standard InChI is InChI=1S/C19H16N3O3.BrH/c23-19(15-7-6-10-17(13-15)22(24)25)14-20-12-5-4-11-18(20)21(19)16-8-2-1-3-9-16;/h1-13,23H,14H2;1H/q+1;. The first-order valence-electron chi connectivity index (χ1n) is 7.91. The topological polar surface area (TPSA) is 70.5 Å². The Labute approximate surface area is 160 Å². The number of non-ortho nitro benzene ring substituents is 1. The van der Waals surface area contributed by atoms with Crippen molar-refractivity contribution in [1.29, 1.82) is 0 Å². The number of rotatable bonds is 3. The minimum absolute atomic E-state index is 0. The molecule has 1 N–H and O–H groups in total. The highest BCUT2D eigenvalue weighted by Crippen LogP contribution is 2.41. The van der Waals surface area contributed by atoms with Crippen LogP contribution in [0.25, 0.3) is 0 Å². The van der Waals surface area contributed by atoms with E-state index in [2.05, 4.69) is 0 Å². The van der Waals surface area contributed by atoms with Gasteiger partial charge in [0.2, 0.25) is 0 Å². The van der Waals surface area contributed by atoms with Crippen molar-refractivity contribution in [2.75, 3.05) is 4.90 Å². The van der Waals surface area contributed by atoms with Gasteiger partial charge < -0.3 is 5.11 Å². The zero-order chi connectivity index (χ0) is 17.4. The molecule has 0 bridgehead atoms. The summed E-state index contributed by atoms with van der Waals surface area (Å²) >= 11 is 0. The van der Waals surface area contributed by atoms with E-state index in [4.69, 9.17) is 0 Å². The molecular formula is C19H17BrN3O3+. The van der Waals surface area contributed by atoms with Crippen molar-refractivity contribution < 1.29 is 14.6 Å². The highest BCUT2D eigenvalue weighted by atomic mass is 79.9. The number of hydrogen-bond donors (Lipinski definition) is 1. The van der Waals surface area contributed by atoms with Crippen LogP contribution in [-0.4, -0.2) is 10.0 Å². The highest BCUT2D eigenvalue weighted by molar-refractivity contribution is 8.93. The van der Waals surface area contributed by atoms with E-state index in [9.17, 15) is 15.2 Å². The Morgan fingerprint density at radius 3 is 2.50 bits per heavy atom. The van der Waals surface area contributed by atoms with Crippen LogP contribution in [0.3, 0.4) is 0 Å². The predicted molar refractivity (Wildman–Crippen MR) is 103 cm³/mol. The lowest BCUT2D eigenvalue weighted by Gasteiger charge is -2.27. The number of hydrogen-bond acceptors (Lipinski definition) is 4. The molecule has 0 radical (unpaired) electrons. The summed E-state index contributed by atoms with van der Waals surface area (Å²) in [5, 5.41) is 22.7. The van der Waals surface area contributed by atoms with Crippen LogP contribution in [0, 0.1) is 10.1 Å². The lowest BCUT2D eigenvalue weighted by molar-refractivity contribution is -0.683. The molecule has 2 heterocycles. The van der Waals surface area contributed by atoms with Crippen LogP contribution in [-0.2, 0) is 12.3 Å². The second kappa shape index (κ2) is 6.86. The van der Waals surface area contributed by atoms with Gasteiger partial charge in [0.25, 0.3) is 17.2 Å². The zero-order valence-electron chi connectivity index (χ0n) is 13.7. The molecule has 0 amide bonds. The van der Waals surface area contributed by atoms with Crippen LogP contribution in [0.2, 0.25) is 0 Å². The van der Waals surface area contributed by atoms with Crippen LogP contribution in [0.5, 0.6) is 0 Å². The fourth-order valence-corrected chi connectivity index (χ4v) is 3.31. The summed E-state index contributed by atoms with van der Waals surface area (Å²) in [6, 6.07) is 21.4. The van der Waals surface area contributed by atoms with E-state index in [1.807, 2.05) is 64.2 Å². The highest BCUT2D eigenvalue weighted by Gasteiger charge is 2.53. The van der Waals surface area contributed by atoms with Crippen molar-refractivity contribution in [3.8, 4) is 0 Å². The van der Waals surface area contributed by atoms with E-state index in [1.54, 1.807) is 12.1 Å². The molecule has 1 aliphatic heterocycles. The van der Waals surface area contributed by atoms with Crippen LogP contribution in [0.15, 0.2) is 79.0 Å². The van der Waals surface area contributed by atoms with E-state index >= 15 is 0 Å². The second-order valence-electron chi connectivity index (χ2n) is 5.98. The number of aromatic nitrogens is 1. The summed E-state index contributed by atoms with van der Waals surface area (Å²) in [5.41, 5.74) is -0.162. The first-order valence-corrected chi connectivity index (χ1v) is 7.91. The van der Waals surface area contributed by atoms with Gasteiger partial charge in [-0.25, -0.2) is 4.57 Å². The Kier molecular flexibility index (Phi) is 4.76. The molecule has 2 aromatic carbocycles. The molecule has 0 aliphatic carbocycles. The SMILES string of the molecule is Br.O=[N+]([O-])c1cccc(C2(O)C[n+]3ccccc3N2c2ccccc2)c1. The van der Waals surface area contributed by atoms with Crippen molar-refractivity contribution in [1.82, 2.24) is 0 Å². The molecule has 3 aromatic rings. The number of pyridine rings is 1. The first-order chi connectivity index (χ1) is 12.1. The van der Waals surface area contributed by atoms with Crippen molar-refractivity contribution in [2.45, 2.75) is 12.3 Å². The molecular weight excluding hydrogens is 398 g/mol. The Morgan fingerprint density at radius 1 is 1.04 bits per heavy atom. The van der Waals surface area contributed by atoms with E-state index < -0.39 is 10.6 Å². The second-order valence-corrected chi connectivity index (χ2v) is 5.98. The number of nitro benzene ring substituents is 1. The van der Waals surface area contributed by atoms with Gasteiger partial charge in [-0.1, -0.05) is 36.4 Å². The summed E-state index contributed by atoms with van der Waals surface area (Å²) in [6.07, 6.45) is 1.89. The summed E-state index contributed by atoms with van der Waals surface area (Å²) in [4.78, 5) is 12.5. The molecule has 1 unspecified atom stereocenters. The van der Waals surface area contributed by atoms with Gasteiger partial charge >= 0.3 is 0 Å². The van der Waals surface area contributed by atoms with Gasteiger partial charge in [0.1, 0.15) is 5.69 Å². The number of aliphatic hydroxyl groups is 1. The average molecular weight is 415 g/mol. The van der Waals surface area contributed by atoms with Gasteiger partial charge in [0.15, 0.2) is 6.54 Å². The third-order valence-electron chi connectivity index (χ3n) is 4.44. The van der Waals surface area contributed by atoms with E-state index in [0.717, 1.165) is 11.5 Å². The Hall–Kier alpha value is -2.77. The van der Waals surface area contributed by atoms with Gasteiger partial charge in [0, 0.05) is 23.8 Å². The molecule has 0 fully saturated rings. The molecule has 1 aromatic heterocycles. The molecule has 4 rings (SSSR count). The van der Waals surface area contributed by atoms with Gasteiger partial charge in [-0.2, -0.15) is 4.90 Å². The van der Waals surface area contributed by atoms with Crippen molar-refractivity contribution in [2.24, 2.45) is 0 Å². The van der Waals surface area contributed by atoms with Crippen LogP contribution in [0.1, 0.15) is 5.56 Å². The number of benzene rings is 2. The maximum atomic E-state index is 11.6. The van der Waals surface area contributed by atoms with Gasteiger partial charge in [-0.3, -0.25) is 10.1 Å². The summed E-state index contributed by atoms with van der Waals surface area (Å²) in [7, 11) is 0. The van der Waals surface area contributed by atoms with Crippen LogP contribution < -0.4 is 9.47 Å². The normalized spacial score (nSPS) is 18.1. The average Bonchev–Trinajstić information content (AvgIpc) is 2.95. The lowest BCUT2D eigenvalue weighted by Crippen LogP contribution is -2.43. The molecule has 26 heavy (non-hydrogen) atoms. The molecule has 1 aliphatic rings. The third-order valence-corrected chi connectivity index (χ3v) is 4.44. The quantitative estimate of drug-likeness (QED) is 0.404. The number of nitrogens with zero attached hydrogens (tertiary/aromatic N) is 3. The summed E-state index contributed by atoms with van der Waals surface area (Å²) < 4.78 is 1.94. The fourth-order valence-electron chi connectivity index (χ4n) is 3.31. The largest absolute Gasteiger partial charge is 0.346 e. The van der Waals surface area contributed by atoms with Gasteiger partial charge in [-0.05, 0) is 18.2 Å². The smallest absolute Gasteiger partial charge is 0.284 e. The number of anilines is 2. The fraction of sp³-hybridized carbons (Fsp3) is 0.105.